The summed E-state index contributed by atoms with van der Waals surface area (Å²) in [6.07, 6.45) is 0. The molecule has 0 aliphatic heterocycles. The molecule has 148 valence electrons. The maximum Gasteiger partial charge on any atom is 0.284 e. The van der Waals surface area contributed by atoms with E-state index in [0.29, 0.717) is 0 Å². The van der Waals surface area contributed by atoms with Crippen LogP contribution in [0.4, 0.5) is 11.4 Å². The Labute approximate surface area is 163 Å². The molecule has 0 atom stereocenters. The molecule has 0 bridgehead atoms. The molecule has 0 spiro atoms. The molecule has 10 heteroatoms. The Hall–Kier alpha value is -4.21. The molecule has 29 heavy (non-hydrogen) atoms. The second-order valence-electron chi connectivity index (χ2n) is 5.75. The van der Waals surface area contributed by atoms with Gasteiger partial charge in [-0.2, -0.15) is 0 Å². The topological polar surface area (TPSA) is 135 Å². The Morgan fingerprint density at radius 1 is 0.897 bits per heavy atom. The first-order valence-corrected chi connectivity index (χ1v) is 8.16. The lowest BCUT2D eigenvalue weighted by molar-refractivity contribution is -0.385. The van der Waals surface area contributed by atoms with Crippen LogP contribution >= 0.6 is 0 Å². The average molecular weight is 398 g/mol. The van der Waals surface area contributed by atoms with Gasteiger partial charge in [-0.25, -0.2) is 0 Å². The van der Waals surface area contributed by atoms with Gasteiger partial charge >= 0.3 is 0 Å². The Balaban J connectivity index is 2.08. The Kier molecular flexibility index (Phi) is 5.26. The molecule has 0 aliphatic carbocycles. The fraction of sp³-hybridized carbons (Fsp3) is 0.105. The van der Waals surface area contributed by atoms with Gasteiger partial charge in [0.2, 0.25) is 5.78 Å². The molecule has 0 amide bonds. The summed E-state index contributed by atoms with van der Waals surface area (Å²) in [6, 6.07) is 10.8. The fourth-order valence-corrected chi connectivity index (χ4v) is 2.78. The lowest BCUT2D eigenvalue weighted by Gasteiger charge is -2.09. The van der Waals surface area contributed by atoms with Gasteiger partial charge in [-0.1, -0.05) is 12.1 Å². The highest BCUT2D eigenvalue weighted by molar-refractivity contribution is 6.10. The minimum atomic E-state index is -0.775. The predicted molar refractivity (Wildman–Crippen MR) is 100 cm³/mol. The van der Waals surface area contributed by atoms with E-state index < -0.39 is 21.3 Å². The van der Waals surface area contributed by atoms with Crippen molar-refractivity contribution in [1.29, 1.82) is 0 Å². The van der Waals surface area contributed by atoms with Crippen molar-refractivity contribution in [3.05, 3.63) is 80.1 Å². The molecule has 1 heterocycles. The van der Waals surface area contributed by atoms with Crippen molar-refractivity contribution in [2.75, 3.05) is 14.2 Å². The molecule has 1 aromatic heterocycles. The van der Waals surface area contributed by atoms with E-state index in [1.54, 1.807) is 6.07 Å². The Morgan fingerprint density at radius 2 is 1.52 bits per heavy atom. The van der Waals surface area contributed by atoms with E-state index in [0.717, 1.165) is 6.07 Å². The van der Waals surface area contributed by atoms with E-state index in [1.165, 1.54) is 50.6 Å². The molecule has 0 saturated carbocycles. The standard InChI is InChI=1S/C19H14N2O8/c1-27-17-9-12(14(21(25)26)10-18(17)28-2)19(22)16-8-7-15(29-16)11-5-3-4-6-13(11)20(23)24/h3-10H,1-2H3. The molecule has 0 aliphatic rings. The van der Waals surface area contributed by atoms with E-state index in [1.807, 2.05) is 0 Å². The summed E-state index contributed by atoms with van der Waals surface area (Å²) in [7, 11) is 2.64. The number of benzene rings is 2. The maximum atomic E-state index is 12.9. The minimum Gasteiger partial charge on any atom is -0.493 e. The third kappa shape index (κ3) is 3.63. The largest absolute Gasteiger partial charge is 0.493 e. The number of ether oxygens (including phenoxy) is 2. The van der Waals surface area contributed by atoms with Gasteiger partial charge in [0.25, 0.3) is 11.4 Å². The number of carbonyl (C=O) groups excluding carboxylic acids is 1. The van der Waals surface area contributed by atoms with Crippen molar-refractivity contribution in [3.63, 3.8) is 0 Å². The normalized spacial score (nSPS) is 10.4. The van der Waals surface area contributed by atoms with Crippen molar-refractivity contribution < 1.29 is 28.5 Å². The molecule has 0 N–H and O–H groups in total. The van der Waals surface area contributed by atoms with E-state index in [9.17, 15) is 25.0 Å². The van der Waals surface area contributed by atoms with Gasteiger partial charge in [0, 0.05) is 12.1 Å². The highest BCUT2D eigenvalue weighted by Gasteiger charge is 2.28. The zero-order valence-electron chi connectivity index (χ0n) is 15.3. The van der Waals surface area contributed by atoms with E-state index in [2.05, 4.69) is 0 Å². The maximum absolute atomic E-state index is 12.9. The fourth-order valence-electron chi connectivity index (χ4n) is 2.78. The van der Waals surface area contributed by atoms with Gasteiger partial charge in [0.1, 0.15) is 11.3 Å². The van der Waals surface area contributed by atoms with Crippen molar-refractivity contribution in [1.82, 2.24) is 0 Å². The van der Waals surface area contributed by atoms with E-state index in [-0.39, 0.29) is 39.8 Å². The van der Waals surface area contributed by atoms with Gasteiger partial charge in [0.05, 0.1) is 35.7 Å². The first-order valence-electron chi connectivity index (χ1n) is 8.16. The minimum absolute atomic E-state index is 0.0868. The number of rotatable bonds is 7. The van der Waals surface area contributed by atoms with E-state index in [4.69, 9.17) is 13.9 Å². The number of methoxy groups -OCH3 is 2. The summed E-state index contributed by atoms with van der Waals surface area (Å²) in [5.41, 5.74) is -0.774. The van der Waals surface area contributed by atoms with Crippen LogP contribution in [0.1, 0.15) is 16.1 Å². The third-order valence-corrected chi connectivity index (χ3v) is 4.14. The molecule has 0 unspecified atom stereocenters. The van der Waals surface area contributed by atoms with Crippen LogP contribution in [0.5, 0.6) is 11.5 Å². The second kappa shape index (κ2) is 7.80. The van der Waals surface area contributed by atoms with Crippen LogP contribution in [0.25, 0.3) is 11.3 Å². The van der Waals surface area contributed by atoms with Crippen molar-refractivity contribution in [3.8, 4) is 22.8 Å². The Bertz CT molecular complexity index is 1120. The molecule has 0 saturated heterocycles. The van der Waals surface area contributed by atoms with Gasteiger partial charge in [0.15, 0.2) is 17.3 Å². The molecule has 3 rings (SSSR count). The first-order chi connectivity index (χ1) is 13.9. The molecule has 10 nitrogen and oxygen atoms in total. The van der Waals surface area contributed by atoms with Crippen LogP contribution in [0, 0.1) is 20.2 Å². The van der Waals surface area contributed by atoms with Gasteiger partial charge in [-0.3, -0.25) is 25.0 Å². The summed E-state index contributed by atoms with van der Waals surface area (Å²) >= 11 is 0. The third-order valence-electron chi connectivity index (χ3n) is 4.14. The lowest BCUT2D eigenvalue weighted by atomic mass is 10.1. The number of hydrogen-bond donors (Lipinski definition) is 0. The highest BCUT2D eigenvalue weighted by atomic mass is 16.6. The van der Waals surface area contributed by atoms with Crippen LogP contribution in [0.15, 0.2) is 52.9 Å². The zero-order valence-corrected chi connectivity index (χ0v) is 15.3. The summed E-state index contributed by atoms with van der Waals surface area (Å²) < 4.78 is 15.6. The monoisotopic (exact) mass is 398 g/mol. The Morgan fingerprint density at radius 3 is 2.14 bits per heavy atom. The van der Waals surface area contributed by atoms with Crippen molar-refractivity contribution >= 4 is 17.2 Å². The number of ketones is 1. The van der Waals surface area contributed by atoms with Crippen LogP contribution in [0.2, 0.25) is 0 Å². The average Bonchev–Trinajstić information content (AvgIpc) is 3.22. The van der Waals surface area contributed by atoms with Crippen LogP contribution in [-0.4, -0.2) is 29.8 Å². The molecule has 3 aromatic rings. The molecular weight excluding hydrogens is 384 g/mol. The van der Waals surface area contributed by atoms with Gasteiger partial charge < -0.3 is 13.9 Å². The number of nitro benzene ring substituents is 2. The number of nitrogens with zero attached hydrogens (tertiary/aromatic N) is 2. The molecule has 0 fully saturated rings. The summed E-state index contributed by atoms with van der Waals surface area (Å²) in [4.78, 5) is 34.2. The molecule has 2 aromatic carbocycles. The van der Waals surface area contributed by atoms with Crippen LogP contribution in [0.3, 0.4) is 0 Å². The first kappa shape index (κ1) is 19.5. The van der Waals surface area contributed by atoms with Crippen LogP contribution < -0.4 is 9.47 Å². The van der Waals surface area contributed by atoms with Crippen LogP contribution in [-0.2, 0) is 0 Å². The van der Waals surface area contributed by atoms with Gasteiger partial charge in [-0.15, -0.1) is 0 Å². The quantitative estimate of drug-likeness (QED) is 0.331. The summed E-state index contributed by atoms with van der Waals surface area (Å²) in [5.74, 6) is -0.678. The highest BCUT2D eigenvalue weighted by Crippen LogP contribution is 2.37. The molecule has 0 radical (unpaired) electrons. The van der Waals surface area contributed by atoms with E-state index >= 15 is 0 Å². The summed E-state index contributed by atoms with van der Waals surface area (Å²) in [5, 5.41) is 22.6. The smallest absolute Gasteiger partial charge is 0.284 e. The zero-order chi connectivity index (χ0) is 21.1. The predicted octanol–water partition coefficient (Wildman–Crippen LogP) is 4.01. The SMILES string of the molecule is COc1cc(C(=O)c2ccc(-c3ccccc3[N+](=O)[O-])o2)c([N+](=O)[O-])cc1OC. The summed E-state index contributed by atoms with van der Waals surface area (Å²) in [6.45, 7) is 0. The number of hydrogen-bond acceptors (Lipinski definition) is 8. The van der Waals surface area contributed by atoms with Gasteiger partial charge in [-0.05, 0) is 18.2 Å². The van der Waals surface area contributed by atoms with Crippen molar-refractivity contribution in [2.45, 2.75) is 0 Å². The molecular formula is C19H14N2O8. The second-order valence-corrected chi connectivity index (χ2v) is 5.75. The number of carbonyl (C=O) groups is 1. The van der Waals surface area contributed by atoms with Crippen molar-refractivity contribution in [2.24, 2.45) is 0 Å². The number of nitro groups is 2. The number of furan rings is 1. The number of para-hydroxylation sites is 1. The lowest BCUT2D eigenvalue weighted by Crippen LogP contribution is -2.06.